The molecule has 2 rings (SSSR count). The summed E-state index contributed by atoms with van der Waals surface area (Å²) >= 11 is 2.29. The molecule has 0 radical (unpaired) electrons. The van der Waals surface area contributed by atoms with E-state index < -0.39 is 5.97 Å². The van der Waals surface area contributed by atoms with Crippen molar-refractivity contribution in [1.82, 2.24) is 10.2 Å². The van der Waals surface area contributed by atoms with Crippen molar-refractivity contribution < 1.29 is 14.3 Å². The standard InChI is InChI=1S/C9H7N3O3S2/c1-15-8(14)6-3-2-5(17-6)7(13)11-9-12-10-4-16-9/h2-4H,1H3,(H,11,12,13). The highest BCUT2D eigenvalue weighted by Crippen LogP contribution is 2.19. The quantitative estimate of drug-likeness (QED) is 0.857. The van der Waals surface area contributed by atoms with Crippen LogP contribution in [0.3, 0.4) is 0 Å². The largest absolute Gasteiger partial charge is 0.465 e. The number of nitrogens with one attached hydrogen (secondary N) is 1. The van der Waals surface area contributed by atoms with Gasteiger partial charge < -0.3 is 4.74 Å². The average molecular weight is 269 g/mol. The first-order valence-corrected chi connectivity index (χ1v) is 6.16. The van der Waals surface area contributed by atoms with E-state index in [1.54, 1.807) is 12.1 Å². The van der Waals surface area contributed by atoms with Crippen LogP contribution in [0.1, 0.15) is 19.3 Å². The molecule has 0 bridgehead atoms. The van der Waals surface area contributed by atoms with E-state index in [9.17, 15) is 9.59 Å². The second-order valence-electron chi connectivity index (χ2n) is 2.85. The maximum Gasteiger partial charge on any atom is 0.348 e. The molecule has 0 aliphatic carbocycles. The summed E-state index contributed by atoms with van der Waals surface area (Å²) in [4.78, 5) is 23.7. The third kappa shape index (κ3) is 2.66. The van der Waals surface area contributed by atoms with Crippen molar-refractivity contribution >= 4 is 39.7 Å². The zero-order valence-electron chi connectivity index (χ0n) is 8.67. The molecule has 6 nitrogen and oxygen atoms in total. The number of rotatable bonds is 3. The van der Waals surface area contributed by atoms with Crippen LogP contribution in [0, 0.1) is 0 Å². The van der Waals surface area contributed by atoms with Crippen LogP contribution < -0.4 is 5.32 Å². The van der Waals surface area contributed by atoms with Crippen LogP contribution in [0.2, 0.25) is 0 Å². The molecule has 1 N–H and O–H groups in total. The van der Waals surface area contributed by atoms with Gasteiger partial charge in [-0.2, -0.15) is 0 Å². The number of thiophene rings is 1. The van der Waals surface area contributed by atoms with Gasteiger partial charge in [-0.05, 0) is 12.1 Å². The Morgan fingerprint density at radius 2 is 2.12 bits per heavy atom. The van der Waals surface area contributed by atoms with Crippen LogP contribution >= 0.6 is 22.7 Å². The molecular formula is C9H7N3O3S2. The number of hydrogen-bond donors (Lipinski definition) is 1. The van der Waals surface area contributed by atoms with E-state index >= 15 is 0 Å². The first-order chi connectivity index (χ1) is 8.20. The Labute approximate surface area is 104 Å². The third-order valence-corrected chi connectivity index (χ3v) is 3.47. The van der Waals surface area contributed by atoms with Gasteiger partial charge in [0.25, 0.3) is 5.91 Å². The van der Waals surface area contributed by atoms with E-state index in [0.29, 0.717) is 14.9 Å². The molecule has 0 saturated heterocycles. The zero-order valence-corrected chi connectivity index (χ0v) is 10.3. The first kappa shape index (κ1) is 11.7. The molecule has 2 aromatic rings. The highest BCUT2D eigenvalue weighted by Gasteiger charge is 2.14. The number of ether oxygens (including phenoxy) is 1. The smallest absolute Gasteiger partial charge is 0.348 e. The van der Waals surface area contributed by atoms with Gasteiger partial charge in [0.15, 0.2) is 0 Å². The zero-order chi connectivity index (χ0) is 12.3. The Morgan fingerprint density at radius 1 is 1.35 bits per heavy atom. The van der Waals surface area contributed by atoms with Crippen molar-refractivity contribution in [2.24, 2.45) is 0 Å². The normalized spacial score (nSPS) is 9.94. The van der Waals surface area contributed by atoms with Gasteiger partial charge in [-0.15, -0.1) is 21.5 Å². The van der Waals surface area contributed by atoms with Gasteiger partial charge in [0, 0.05) is 0 Å². The lowest BCUT2D eigenvalue weighted by Gasteiger charge is -1.96. The summed E-state index contributed by atoms with van der Waals surface area (Å²) in [5, 5.41) is 10.3. The van der Waals surface area contributed by atoms with Crippen LogP contribution in [0.15, 0.2) is 17.6 Å². The summed E-state index contributed by atoms with van der Waals surface area (Å²) in [6.45, 7) is 0. The Bertz CT molecular complexity index is 535. The van der Waals surface area contributed by atoms with Crippen LogP contribution in [-0.2, 0) is 4.74 Å². The number of aromatic nitrogens is 2. The predicted octanol–water partition coefficient (Wildman–Crippen LogP) is 1.64. The monoisotopic (exact) mass is 269 g/mol. The van der Waals surface area contributed by atoms with E-state index in [-0.39, 0.29) is 5.91 Å². The molecule has 0 spiro atoms. The fraction of sp³-hybridized carbons (Fsp3) is 0.111. The minimum atomic E-state index is -0.454. The molecule has 8 heteroatoms. The van der Waals surface area contributed by atoms with Crippen LogP contribution in [0.4, 0.5) is 5.13 Å². The van der Waals surface area contributed by atoms with Crippen molar-refractivity contribution in [3.63, 3.8) is 0 Å². The van der Waals surface area contributed by atoms with Crippen molar-refractivity contribution in [2.75, 3.05) is 12.4 Å². The number of anilines is 1. The van der Waals surface area contributed by atoms with Gasteiger partial charge in [0.2, 0.25) is 5.13 Å². The summed E-state index contributed by atoms with van der Waals surface area (Å²) in [6.07, 6.45) is 0. The molecule has 17 heavy (non-hydrogen) atoms. The second-order valence-corrected chi connectivity index (χ2v) is 4.77. The fourth-order valence-corrected chi connectivity index (χ4v) is 2.32. The van der Waals surface area contributed by atoms with E-state index in [0.717, 1.165) is 11.3 Å². The number of esters is 1. The lowest BCUT2D eigenvalue weighted by atomic mass is 10.4. The van der Waals surface area contributed by atoms with Crippen molar-refractivity contribution in [3.8, 4) is 0 Å². The molecule has 0 aliphatic heterocycles. The van der Waals surface area contributed by atoms with Gasteiger partial charge in [-0.1, -0.05) is 11.3 Å². The molecule has 1 amide bonds. The van der Waals surface area contributed by atoms with Gasteiger partial charge >= 0.3 is 5.97 Å². The number of amides is 1. The van der Waals surface area contributed by atoms with E-state index in [1.165, 1.54) is 24.0 Å². The van der Waals surface area contributed by atoms with Gasteiger partial charge in [0.1, 0.15) is 10.4 Å². The average Bonchev–Trinajstić information content (AvgIpc) is 2.98. The van der Waals surface area contributed by atoms with E-state index in [4.69, 9.17) is 0 Å². The number of hydrogen-bond acceptors (Lipinski definition) is 7. The molecule has 0 atom stereocenters. The fourth-order valence-electron chi connectivity index (χ4n) is 1.06. The lowest BCUT2D eigenvalue weighted by molar-refractivity contribution is 0.0606. The summed E-state index contributed by atoms with van der Waals surface area (Å²) in [7, 11) is 1.29. The van der Waals surface area contributed by atoms with Crippen LogP contribution in [0.5, 0.6) is 0 Å². The van der Waals surface area contributed by atoms with E-state index in [2.05, 4.69) is 20.3 Å². The Morgan fingerprint density at radius 3 is 2.76 bits per heavy atom. The molecule has 88 valence electrons. The van der Waals surface area contributed by atoms with Gasteiger partial charge in [-0.25, -0.2) is 4.79 Å². The number of carbonyl (C=O) groups is 2. The number of nitrogens with zero attached hydrogens (tertiary/aromatic N) is 2. The minimum Gasteiger partial charge on any atom is -0.465 e. The molecule has 0 unspecified atom stereocenters. The Hall–Kier alpha value is -1.80. The number of carbonyl (C=O) groups excluding carboxylic acids is 2. The molecule has 0 aromatic carbocycles. The van der Waals surface area contributed by atoms with Gasteiger partial charge in [0.05, 0.1) is 12.0 Å². The first-order valence-electron chi connectivity index (χ1n) is 4.46. The summed E-state index contributed by atoms with van der Waals surface area (Å²) in [5.74, 6) is -0.771. The maximum absolute atomic E-state index is 11.7. The molecule has 2 aromatic heterocycles. The molecular weight excluding hydrogens is 262 g/mol. The molecule has 0 aliphatic rings. The Kier molecular flexibility index (Phi) is 3.45. The minimum absolute atomic E-state index is 0.318. The highest BCUT2D eigenvalue weighted by atomic mass is 32.1. The summed E-state index contributed by atoms with van der Waals surface area (Å²) in [6, 6.07) is 3.11. The lowest BCUT2D eigenvalue weighted by Crippen LogP contribution is -2.09. The molecule has 0 saturated carbocycles. The van der Waals surface area contributed by atoms with Crippen molar-refractivity contribution in [1.29, 1.82) is 0 Å². The van der Waals surface area contributed by atoms with Crippen LogP contribution in [-0.4, -0.2) is 29.2 Å². The molecule has 0 fully saturated rings. The third-order valence-electron chi connectivity index (χ3n) is 1.80. The topological polar surface area (TPSA) is 81.2 Å². The second kappa shape index (κ2) is 5.02. The number of methoxy groups -OCH3 is 1. The Balaban J connectivity index is 2.10. The summed E-state index contributed by atoms with van der Waals surface area (Å²) < 4.78 is 4.55. The predicted molar refractivity (Wildman–Crippen MR) is 63.5 cm³/mol. The molecule has 2 heterocycles. The van der Waals surface area contributed by atoms with Crippen molar-refractivity contribution in [2.45, 2.75) is 0 Å². The van der Waals surface area contributed by atoms with Crippen molar-refractivity contribution in [3.05, 3.63) is 27.4 Å². The maximum atomic E-state index is 11.7. The highest BCUT2D eigenvalue weighted by molar-refractivity contribution is 7.16. The SMILES string of the molecule is COC(=O)c1ccc(C(=O)Nc2nncs2)s1. The van der Waals surface area contributed by atoms with Gasteiger partial charge in [-0.3, -0.25) is 10.1 Å². The van der Waals surface area contributed by atoms with Crippen LogP contribution in [0.25, 0.3) is 0 Å². The summed E-state index contributed by atoms with van der Waals surface area (Å²) in [5.41, 5.74) is 1.52. The van der Waals surface area contributed by atoms with E-state index in [1.807, 2.05) is 0 Å².